The molecule has 0 saturated carbocycles. The Hall–Kier alpha value is -1.89. The van der Waals surface area contributed by atoms with Crippen LogP contribution in [0.3, 0.4) is 0 Å². The first-order valence-corrected chi connectivity index (χ1v) is 9.91. The molecule has 0 spiro atoms. The fourth-order valence-electron chi connectivity index (χ4n) is 3.57. The van der Waals surface area contributed by atoms with Gasteiger partial charge in [0.15, 0.2) is 11.0 Å². The normalized spacial score (nSPS) is 21.7. The summed E-state index contributed by atoms with van der Waals surface area (Å²) in [5, 5.41) is 8.65. The first-order chi connectivity index (χ1) is 12.4. The number of carbonyl (C=O) groups excluding carboxylic acids is 1. The number of rotatable bonds is 4. The number of halogens is 1. The molecule has 5 nitrogen and oxygen atoms in total. The Morgan fingerprint density at radius 2 is 1.88 bits per heavy atom. The molecule has 0 bridgehead atoms. The van der Waals surface area contributed by atoms with Crippen molar-refractivity contribution in [1.82, 2.24) is 19.7 Å². The van der Waals surface area contributed by atoms with Gasteiger partial charge in [0.05, 0.1) is 10.8 Å². The van der Waals surface area contributed by atoms with Crippen molar-refractivity contribution in [3.8, 4) is 11.4 Å². The minimum atomic E-state index is -0.334. The van der Waals surface area contributed by atoms with Crippen LogP contribution in [0.2, 0.25) is 0 Å². The van der Waals surface area contributed by atoms with Gasteiger partial charge in [0.1, 0.15) is 5.82 Å². The van der Waals surface area contributed by atoms with Crippen LogP contribution in [0, 0.1) is 5.82 Å². The molecule has 1 aromatic carbocycles. The molecular weight excluding hydrogens is 351 g/mol. The van der Waals surface area contributed by atoms with Gasteiger partial charge in [-0.15, -0.1) is 10.2 Å². The zero-order valence-corrected chi connectivity index (χ0v) is 16.5. The Kier molecular flexibility index (Phi) is 5.65. The lowest BCUT2D eigenvalue weighted by molar-refractivity contribution is -0.136. The van der Waals surface area contributed by atoms with Crippen molar-refractivity contribution in [1.29, 1.82) is 0 Å². The number of nitrogens with zero attached hydrogens (tertiary/aromatic N) is 4. The van der Waals surface area contributed by atoms with Gasteiger partial charge < -0.3 is 9.47 Å². The molecule has 3 atom stereocenters. The third kappa shape index (κ3) is 3.63. The van der Waals surface area contributed by atoms with Gasteiger partial charge in [-0.1, -0.05) is 23.9 Å². The van der Waals surface area contributed by atoms with E-state index in [4.69, 9.17) is 0 Å². The second kappa shape index (κ2) is 7.78. The van der Waals surface area contributed by atoms with Crippen molar-refractivity contribution in [2.45, 2.75) is 62.5 Å². The Morgan fingerprint density at radius 1 is 1.23 bits per heavy atom. The van der Waals surface area contributed by atoms with Crippen LogP contribution in [0.1, 0.15) is 40.0 Å². The van der Waals surface area contributed by atoms with E-state index < -0.39 is 0 Å². The van der Waals surface area contributed by atoms with Crippen molar-refractivity contribution in [3.05, 3.63) is 30.1 Å². The van der Waals surface area contributed by atoms with Gasteiger partial charge >= 0.3 is 0 Å². The predicted molar refractivity (Wildman–Crippen MR) is 101 cm³/mol. The standard InChI is InChI=1S/C19H25FN4OS/c1-12-8-7-9-13(2)24(12)18(25)14(3)26-19-22-21-17(23(19)4)15-10-5-6-11-16(15)20/h5-6,10-14H,7-9H2,1-4H3/t12-,13-,14+/m0/s1. The summed E-state index contributed by atoms with van der Waals surface area (Å²) in [6.07, 6.45) is 3.27. The third-order valence-electron chi connectivity index (χ3n) is 5.03. The van der Waals surface area contributed by atoms with Gasteiger partial charge in [-0.2, -0.15) is 0 Å². The number of amides is 1. The molecule has 1 aliphatic rings. The van der Waals surface area contributed by atoms with Gasteiger partial charge in [0, 0.05) is 19.1 Å². The smallest absolute Gasteiger partial charge is 0.236 e. The lowest BCUT2D eigenvalue weighted by Gasteiger charge is -2.40. The van der Waals surface area contributed by atoms with Gasteiger partial charge in [-0.25, -0.2) is 4.39 Å². The van der Waals surface area contributed by atoms with E-state index in [-0.39, 0.29) is 29.1 Å². The van der Waals surface area contributed by atoms with Gasteiger partial charge in [0.2, 0.25) is 5.91 Å². The lowest BCUT2D eigenvalue weighted by Crippen LogP contribution is -2.50. The highest BCUT2D eigenvalue weighted by Gasteiger charge is 2.32. The molecule has 2 heterocycles. The number of benzene rings is 1. The van der Waals surface area contributed by atoms with Crippen molar-refractivity contribution < 1.29 is 9.18 Å². The SMILES string of the molecule is C[C@@H](Sc1nnc(-c2ccccc2F)n1C)C(=O)N1[C@@H](C)CCC[C@@H]1C. The third-order valence-corrected chi connectivity index (χ3v) is 6.15. The molecular formula is C19H25FN4OS. The topological polar surface area (TPSA) is 51.0 Å². The molecule has 26 heavy (non-hydrogen) atoms. The summed E-state index contributed by atoms with van der Waals surface area (Å²) in [7, 11) is 1.80. The maximum absolute atomic E-state index is 14.0. The highest BCUT2D eigenvalue weighted by atomic mass is 32.2. The zero-order valence-electron chi connectivity index (χ0n) is 15.6. The highest BCUT2D eigenvalue weighted by Crippen LogP contribution is 2.30. The first kappa shape index (κ1) is 18.9. The Morgan fingerprint density at radius 3 is 2.54 bits per heavy atom. The van der Waals surface area contributed by atoms with Gasteiger partial charge in [0.25, 0.3) is 0 Å². The number of hydrogen-bond donors (Lipinski definition) is 0. The minimum Gasteiger partial charge on any atom is -0.336 e. The molecule has 3 rings (SSSR count). The second-order valence-electron chi connectivity index (χ2n) is 6.98. The summed E-state index contributed by atoms with van der Waals surface area (Å²) < 4.78 is 15.8. The molecule has 1 saturated heterocycles. The Labute approximate surface area is 158 Å². The van der Waals surface area contributed by atoms with Crippen LogP contribution in [-0.2, 0) is 11.8 Å². The first-order valence-electron chi connectivity index (χ1n) is 9.03. The van der Waals surface area contributed by atoms with E-state index >= 15 is 0 Å². The van der Waals surface area contributed by atoms with E-state index in [9.17, 15) is 9.18 Å². The molecule has 1 aromatic heterocycles. The van der Waals surface area contributed by atoms with Crippen LogP contribution < -0.4 is 0 Å². The summed E-state index contributed by atoms with van der Waals surface area (Å²) >= 11 is 1.37. The predicted octanol–water partition coefficient (Wildman–Crippen LogP) is 3.89. The number of carbonyl (C=O) groups is 1. The molecule has 2 aromatic rings. The average Bonchev–Trinajstić information content (AvgIpc) is 2.95. The van der Waals surface area contributed by atoms with Crippen LogP contribution >= 0.6 is 11.8 Å². The Bertz CT molecular complexity index is 784. The van der Waals surface area contributed by atoms with Crippen LogP contribution in [0.5, 0.6) is 0 Å². The van der Waals surface area contributed by atoms with E-state index in [1.807, 2.05) is 11.8 Å². The van der Waals surface area contributed by atoms with Gasteiger partial charge in [-0.05, 0) is 52.2 Å². The average molecular weight is 377 g/mol. The van der Waals surface area contributed by atoms with Crippen molar-refractivity contribution in [3.63, 3.8) is 0 Å². The van der Waals surface area contributed by atoms with E-state index in [1.54, 1.807) is 29.8 Å². The number of thioether (sulfide) groups is 1. The largest absolute Gasteiger partial charge is 0.336 e. The van der Waals surface area contributed by atoms with Gasteiger partial charge in [-0.3, -0.25) is 4.79 Å². The monoisotopic (exact) mass is 376 g/mol. The molecule has 0 aliphatic carbocycles. The quantitative estimate of drug-likeness (QED) is 0.760. The lowest BCUT2D eigenvalue weighted by atomic mass is 9.97. The maximum atomic E-state index is 14.0. The maximum Gasteiger partial charge on any atom is 0.236 e. The van der Waals surface area contributed by atoms with E-state index in [0.29, 0.717) is 16.5 Å². The van der Waals surface area contributed by atoms with E-state index in [0.717, 1.165) is 12.8 Å². The number of piperidine rings is 1. The molecule has 0 N–H and O–H groups in total. The fourth-order valence-corrected chi connectivity index (χ4v) is 4.44. The zero-order chi connectivity index (χ0) is 18.8. The molecule has 140 valence electrons. The molecule has 0 radical (unpaired) electrons. The Balaban J connectivity index is 1.77. The molecule has 0 unspecified atom stereocenters. The summed E-state index contributed by atoms with van der Waals surface area (Å²) in [5.74, 6) is 0.259. The number of likely N-dealkylation sites (tertiary alicyclic amines) is 1. The highest BCUT2D eigenvalue weighted by molar-refractivity contribution is 8.00. The van der Waals surface area contributed by atoms with Crippen molar-refractivity contribution in [2.75, 3.05) is 0 Å². The van der Waals surface area contributed by atoms with Crippen LogP contribution in [-0.4, -0.2) is 42.9 Å². The number of aromatic nitrogens is 3. The van der Waals surface area contributed by atoms with Crippen LogP contribution in [0.15, 0.2) is 29.4 Å². The summed E-state index contributed by atoms with van der Waals surface area (Å²) in [5.41, 5.74) is 0.409. The summed E-state index contributed by atoms with van der Waals surface area (Å²) in [4.78, 5) is 15.0. The van der Waals surface area contributed by atoms with Crippen molar-refractivity contribution in [2.24, 2.45) is 7.05 Å². The number of hydrogen-bond acceptors (Lipinski definition) is 4. The van der Waals surface area contributed by atoms with E-state index in [1.165, 1.54) is 24.2 Å². The minimum absolute atomic E-state index is 0.130. The fraction of sp³-hybridized carbons (Fsp3) is 0.526. The molecule has 1 aliphatic heterocycles. The van der Waals surface area contributed by atoms with E-state index in [2.05, 4.69) is 24.0 Å². The van der Waals surface area contributed by atoms with Crippen LogP contribution in [0.4, 0.5) is 4.39 Å². The summed E-state index contributed by atoms with van der Waals surface area (Å²) in [6, 6.07) is 7.03. The summed E-state index contributed by atoms with van der Waals surface area (Å²) in [6.45, 7) is 6.13. The van der Waals surface area contributed by atoms with Crippen molar-refractivity contribution >= 4 is 17.7 Å². The molecule has 1 fully saturated rings. The molecule has 1 amide bonds. The second-order valence-corrected chi connectivity index (χ2v) is 8.29. The van der Waals surface area contributed by atoms with Crippen LogP contribution in [0.25, 0.3) is 11.4 Å². The molecule has 7 heteroatoms.